The number of phenols is 1. The number of aromatic nitrogens is 1. The minimum atomic E-state index is -0.465. The second-order valence-electron chi connectivity index (χ2n) is 8.92. The van der Waals surface area contributed by atoms with Gasteiger partial charge in [0.05, 0.1) is 12.5 Å². The maximum absolute atomic E-state index is 13.1. The first-order valence-electron chi connectivity index (χ1n) is 9.76. The molecule has 1 aliphatic rings. The molecule has 1 aliphatic carbocycles. The Balaban J connectivity index is 1.58. The minimum Gasteiger partial charge on any atom is -0.504 e. The van der Waals surface area contributed by atoms with Gasteiger partial charge < -0.3 is 14.8 Å². The third-order valence-electron chi connectivity index (χ3n) is 5.87. The molecular weight excluding hydrogens is 350 g/mol. The number of H-pyrrole nitrogens is 1. The van der Waals surface area contributed by atoms with Crippen LogP contribution in [0.15, 0.2) is 42.5 Å². The van der Waals surface area contributed by atoms with Crippen LogP contribution < -0.4 is 4.74 Å². The fourth-order valence-electron chi connectivity index (χ4n) is 3.89. The zero-order valence-electron chi connectivity index (χ0n) is 16.9. The normalized spacial score (nSPS) is 15.6. The monoisotopic (exact) mass is 377 g/mol. The van der Waals surface area contributed by atoms with Crippen LogP contribution in [0.25, 0.3) is 10.9 Å². The number of carbonyl (C=O) groups is 1. The van der Waals surface area contributed by atoms with Crippen LogP contribution in [0, 0.1) is 0 Å². The number of aromatic amines is 1. The van der Waals surface area contributed by atoms with Crippen LogP contribution in [0.2, 0.25) is 0 Å². The minimum absolute atomic E-state index is 0.0590. The Morgan fingerprint density at radius 3 is 2.50 bits per heavy atom. The van der Waals surface area contributed by atoms with Crippen molar-refractivity contribution in [2.45, 2.75) is 50.9 Å². The van der Waals surface area contributed by atoms with E-state index in [0.717, 1.165) is 34.9 Å². The second kappa shape index (κ2) is 6.40. The number of phenolic OH excluding ortho intramolecular Hbond substituents is 1. The van der Waals surface area contributed by atoms with Gasteiger partial charge in [0.15, 0.2) is 11.5 Å². The van der Waals surface area contributed by atoms with E-state index >= 15 is 0 Å². The molecule has 2 aromatic carbocycles. The SMILES string of the molecule is COc1ccc(C2(C(=O)Cc3ccc4[nH]c(C(C)(C)C)cc4c3)CC2)cc1O. The molecule has 0 aliphatic heterocycles. The summed E-state index contributed by atoms with van der Waals surface area (Å²) in [4.78, 5) is 16.6. The molecule has 0 saturated heterocycles. The third kappa shape index (κ3) is 3.17. The van der Waals surface area contributed by atoms with E-state index in [4.69, 9.17) is 4.74 Å². The smallest absolute Gasteiger partial charge is 0.160 e. The van der Waals surface area contributed by atoms with Gasteiger partial charge >= 0.3 is 0 Å². The van der Waals surface area contributed by atoms with Crippen molar-refractivity contribution in [1.29, 1.82) is 0 Å². The Bertz CT molecular complexity index is 1050. The zero-order valence-corrected chi connectivity index (χ0v) is 16.9. The zero-order chi connectivity index (χ0) is 20.1. The lowest BCUT2D eigenvalue weighted by Gasteiger charge is -2.16. The van der Waals surface area contributed by atoms with E-state index in [1.807, 2.05) is 12.1 Å². The van der Waals surface area contributed by atoms with Gasteiger partial charge in [-0.1, -0.05) is 32.9 Å². The van der Waals surface area contributed by atoms with E-state index in [2.05, 4.69) is 44.0 Å². The number of fused-ring (bicyclic) bond motifs is 1. The van der Waals surface area contributed by atoms with Crippen LogP contribution in [-0.2, 0) is 22.0 Å². The molecule has 3 aromatic rings. The fourth-order valence-corrected chi connectivity index (χ4v) is 3.89. The predicted molar refractivity (Wildman–Crippen MR) is 111 cm³/mol. The number of hydrogen-bond donors (Lipinski definition) is 2. The number of ketones is 1. The third-order valence-corrected chi connectivity index (χ3v) is 5.87. The van der Waals surface area contributed by atoms with Gasteiger partial charge in [0.1, 0.15) is 5.78 Å². The Labute approximate surface area is 165 Å². The molecular formula is C24H27NO3. The van der Waals surface area contributed by atoms with E-state index in [-0.39, 0.29) is 16.9 Å². The van der Waals surface area contributed by atoms with Crippen molar-refractivity contribution in [2.75, 3.05) is 7.11 Å². The van der Waals surface area contributed by atoms with Crippen molar-refractivity contribution in [2.24, 2.45) is 0 Å². The molecule has 0 spiro atoms. The summed E-state index contributed by atoms with van der Waals surface area (Å²) in [6, 6.07) is 13.7. The van der Waals surface area contributed by atoms with Gasteiger partial charge in [0, 0.05) is 23.0 Å². The molecule has 0 amide bonds. The van der Waals surface area contributed by atoms with Crippen molar-refractivity contribution in [3.8, 4) is 11.5 Å². The first-order valence-corrected chi connectivity index (χ1v) is 9.76. The topological polar surface area (TPSA) is 62.3 Å². The Morgan fingerprint density at radius 2 is 1.89 bits per heavy atom. The first kappa shape index (κ1) is 18.6. The number of methoxy groups -OCH3 is 1. The average molecular weight is 377 g/mol. The summed E-state index contributed by atoms with van der Waals surface area (Å²) in [5, 5.41) is 11.2. The van der Waals surface area contributed by atoms with Gasteiger partial charge in [-0.15, -0.1) is 0 Å². The molecule has 0 radical (unpaired) electrons. The molecule has 28 heavy (non-hydrogen) atoms. The van der Waals surface area contributed by atoms with Crippen LogP contribution in [0.5, 0.6) is 11.5 Å². The van der Waals surface area contributed by atoms with Crippen molar-refractivity contribution in [1.82, 2.24) is 4.98 Å². The molecule has 0 bridgehead atoms. The molecule has 2 N–H and O–H groups in total. The molecule has 146 valence electrons. The molecule has 1 heterocycles. The van der Waals surface area contributed by atoms with Crippen LogP contribution in [0.1, 0.15) is 50.4 Å². The summed E-state index contributed by atoms with van der Waals surface area (Å²) >= 11 is 0. The summed E-state index contributed by atoms with van der Waals surface area (Å²) in [6.07, 6.45) is 2.06. The van der Waals surface area contributed by atoms with Gasteiger partial charge in [-0.25, -0.2) is 0 Å². The van der Waals surface area contributed by atoms with Crippen molar-refractivity contribution < 1.29 is 14.6 Å². The first-order chi connectivity index (χ1) is 13.2. The Morgan fingerprint density at radius 1 is 1.14 bits per heavy atom. The van der Waals surface area contributed by atoms with Gasteiger partial charge in [0.2, 0.25) is 0 Å². The second-order valence-corrected chi connectivity index (χ2v) is 8.92. The molecule has 1 aromatic heterocycles. The molecule has 4 rings (SSSR count). The highest BCUT2D eigenvalue weighted by Gasteiger charge is 2.50. The van der Waals surface area contributed by atoms with Crippen LogP contribution >= 0.6 is 0 Å². The summed E-state index contributed by atoms with van der Waals surface area (Å²) in [7, 11) is 1.52. The Kier molecular flexibility index (Phi) is 4.25. The number of hydrogen-bond acceptors (Lipinski definition) is 3. The van der Waals surface area contributed by atoms with Gasteiger partial charge in [0.25, 0.3) is 0 Å². The van der Waals surface area contributed by atoms with Crippen molar-refractivity contribution in [3.05, 3.63) is 59.3 Å². The van der Waals surface area contributed by atoms with Crippen LogP contribution in [-0.4, -0.2) is 23.0 Å². The highest BCUT2D eigenvalue weighted by molar-refractivity contribution is 5.95. The highest BCUT2D eigenvalue weighted by Crippen LogP contribution is 2.51. The largest absolute Gasteiger partial charge is 0.504 e. The van der Waals surface area contributed by atoms with Gasteiger partial charge in [-0.05, 0) is 59.7 Å². The number of aromatic hydroxyl groups is 1. The van der Waals surface area contributed by atoms with E-state index in [1.165, 1.54) is 12.8 Å². The molecule has 1 fully saturated rings. The van der Waals surface area contributed by atoms with E-state index < -0.39 is 5.41 Å². The lowest BCUT2D eigenvalue weighted by molar-refractivity contribution is -0.120. The summed E-state index contributed by atoms with van der Waals surface area (Å²) < 4.78 is 5.12. The number of nitrogens with one attached hydrogen (secondary N) is 1. The fraction of sp³-hybridized carbons (Fsp3) is 0.375. The predicted octanol–water partition coefficient (Wildman–Crippen LogP) is 5.02. The number of Topliss-reactive ketones (excluding diaryl/α,β-unsaturated/α-hetero) is 1. The van der Waals surface area contributed by atoms with Gasteiger partial charge in [-0.2, -0.15) is 0 Å². The van der Waals surface area contributed by atoms with E-state index in [9.17, 15) is 9.90 Å². The van der Waals surface area contributed by atoms with Crippen LogP contribution in [0.4, 0.5) is 0 Å². The standard InChI is InChI=1S/C24H27NO3/c1-23(2,3)21-13-16-11-15(5-7-18(16)25-21)12-22(27)24(9-10-24)17-6-8-20(28-4)19(26)14-17/h5-8,11,13-14,25-26H,9-10,12H2,1-4H3. The van der Waals surface area contributed by atoms with Crippen molar-refractivity contribution in [3.63, 3.8) is 0 Å². The summed E-state index contributed by atoms with van der Waals surface area (Å²) in [5.41, 5.74) is 3.80. The average Bonchev–Trinajstić information content (AvgIpc) is 3.34. The molecule has 1 saturated carbocycles. The van der Waals surface area contributed by atoms with E-state index in [1.54, 1.807) is 12.1 Å². The quantitative estimate of drug-likeness (QED) is 0.656. The molecule has 4 nitrogen and oxygen atoms in total. The Hall–Kier alpha value is -2.75. The summed E-state index contributed by atoms with van der Waals surface area (Å²) in [5.74, 6) is 0.727. The lowest BCUT2D eigenvalue weighted by atomic mass is 9.87. The lowest BCUT2D eigenvalue weighted by Crippen LogP contribution is -2.22. The summed E-state index contributed by atoms with van der Waals surface area (Å²) in [6.45, 7) is 6.55. The number of benzene rings is 2. The maximum Gasteiger partial charge on any atom is 0.160 e. The molecule has 0 atom stereocenters. The number of rotatable bonds is 5. The van der Waals surface area contributed by atoms with Crippen molar-refractivity contribution >= 4 is 16.7 Å². The van der Waals surface area contributed by atoms with Gasteiger partial charge in [-0.3, -0.25) is 4.79 Å². The van der Waals surface area contributed by atoms with E-state index in [0.29, 0.717) is 12.2 Å². The van der Waals surface area contributed by atoms with Crippen LogP contribution in [0.3, 0.4) is 0 Å². The maximum atomic E-state index is 13.1. The highest BCUT2D eigenvalue weighted by atomic mass is 16.5. The molecule has 4 heteroatoms. The molecule has 0 unspecified atom stereocenters. The number of carbonyl (C=O) groups excluding carboxylic acids is 1. The number of ether oxygens (including phenoxy) is 1.